The van der Waals surface area contributed by atoms with E-state index in [1.807, 2.05) is 43.3 Å². The summed E-state index contributed by atoms with van der Waals surface area (Å²) in [7, 11) is 0. The third-order valence-corrected chi connectivity index (χ3v) is 8.49. The van der Waals surface area contributed by atoms with Crippen LogP contribution in [0.2, 0.25) is 5.02 Å². The van der Waals surface area contributed by atoms with E-state index in [2.05, 4.69) is 10.6 Å². The summed E-state index contributed by atoms with van der Waals surface area (Å²) >= 11 is 6.30. The van der Waals surface area contributed by atoms with Crippen LogP contribution in [0.5, 0.6) is 0 Å². The lowest BCUT2D eigenvalue weighted by atomic mass is 9.83. The van der Waals surface area contributed by atoms with Crippen molar-refractivity contribution in [2.24, 2.45) is 5.92 Å². The van der Waals surface area contributed by atoms with Crippen molar-refractivity contribution >= 4 is 34.8 Å². The summed E-state index contributed by atoms with van der Waals surface area (Å²) in [5.41, 5.74) is 4.06. The summed E-state index contributed by atoms with van der Waals surface area (Å²) in [6.07, 6.45) is 6.07. The summed E-state index contributed by atoms with van der Waals surface area (Å²) in [6.45, 7) is 4.09. The Morgan fingerprint density at radius 3 is 2.31 bits per heavy atom. The van der Waals surface area contributed by atoms with Gasteiger partial charge < -0.3 is 15.5 Å². The quantitative estimate of drug-likeness (QED) is 0.332. The number of carbonyl (C=O) groups is 2. The number of hydrogen-bond acceptors (Lipinski definition) is 3. The summed E-state index contributed by atoms with van der Waals surface area (Å²) in [5, 5.41) is 7.19. The van der Waals surface area contributed by atoms with Crippen LogP contribution in [0, 0.1) is 25.6 Å². The van der Waals surface area contributed by atoms with Crippen LogP contribution in [0.1, 0.15) is 71.6 Å². The highest BCUT2D eigenvalue weighted by molar-refractivity contribution is 6.31. The van der Waals surface area contributed by atoms with Gasteiger partial charge in [-0.1, -0.05) is 54.8 Å². The number of halogens is 2. The summed E-state index contributed by atoms with van der Waals surface area (Å²) < 4.78 is 14.9. The van der Waals surface area contributed by atoms with Gasteiger partial charge in [0.2, 0.25) is 5.91 Å². The van der Waals surface area contributed by atoms with E-state index in [9.17, 15) is 14.0 Å². The molecule has 2 unspecified atom stereocenters. The lowest BCUT2D eigenvalue weighted by Gasteiger charge is -2.41. The molecular formula is C32H35ClFN3O2. The number of hydrogen-bond donors (Lipinski definition) is 2. The maximum atomic E-state index is 14.9. The Morgan fingerprint density at radius 1 is 0.897 bits per heavy atom. The minimum atomic E-state index is -0.546. The first kappa shape index (κ1) is 27.2. The Balaban J connectivity index is 1.47. The standard InChI is InChI=1S/C32H35ClFN3O2/c1-20-12-15-25(19-27(20)33)36-31(38)26-10-6-18-37(32(39)29-21(2)7-5-11-28(29)34)30(26)22-13-16-24(17-14-22)35-23-8-3-4-9-23/h5,7,11-17,19,23,26,30,35H,3-4,6,8-10,18H2,1-2H3,(H,36,38). The highest BCUT2D eigenvalue weighted by atomic mass is 35.5. The van der Waals surface area contributed by atoms with E-state index in [1.165, 1.54) is 31.7 Å². The zero-order valence-electron chi connectivity index (χ0n) is 22.5. The third kappa shape index (κ3) is 5.96. The van der Waals surface area contributed by atoms with E-state index in [0.29, 0.717) is 41.7 Å². The van der Waals surface area contributed by atoms with E-state index < -0.39 is 17.8 Å². The Kier molecular flexibility index (Phi) is 8.22. The molecule has 0 spiro atoms. The first-order valence-corrected chi connectivity index (χ1v) is 14.2. The van der Waals surface area contributed by atoms with Crippen molar-refractivity contribution in [3.8, 4) is 0 Å². The molecule has 204 valence electrons. The molecule has 1 saturated carbocycles. The van der Waals surface area contributed by atoms with E-state index in [0.717, 1.165) is 16.8 Å². The molecule has 39 heavy (non-hydrogen) atoms. The van der Waals surface area contributed by atoms with Crippen molar-refractivity contribution in [1.29, 1.82) is 0 Å². The fraction of sp³-hybridized carbons (Fsp3) is 0.375. The van der Waals surface area contributed by atoms with Crippen molar-refractivity contribution in [2.75, 3.05) is 17.2 Å². The maximum absolute atomic E-state index is 14.9. The molecular weight excluding hydrogens is 513 g/mol. The largest absolute Gasteiger partial charge is 0.382 e. The lowest BCUT2D eigenvalue weighted by Crippen LogP contribution is -2.46. The van der Waals surface area contributed by atoms with Gasteiger partial charge in [-0.15, -0.1) is 0 Å². The molecule has 2 fully saturated rings. The first-order valence-electron chi connectivity index (χ1n) is 13.8. The first-order chi connectivity index (χ1) is 18.8. The minimum Gasteiger partial charge on any atom is -0.382 e. The zero-order valence-corrected chi connectivity index (χ0v) is 23.2. The number of piperidine rings is 1. The van der Waals surface area contributed by atoms with Crippen LogP contribution in [0.4, 0.5) is 15.8 Å². The van der Waals surface area contributed by atoms with E-state index in [4.69, 9.17) is 11.6 Å². The molecule has 2 atom stereocenters. The van der Waals surface area contributed by atoms with Gasteiger partial charge in [-0.25, -0.2) is 4.39 Å². The van der Waals surface area contributed by atoms with Crippen LogP contribution >= 0.6 is 11.6 Å². The lowest BCUT2D eigenvalue weighted by molar-refractivity contribution is -0.123. The maximum Gasteiger partial charge on any atom is 0.257 e. The number of nitrogens with one attached hydrogen (secondary N) is 2. The van der Waals surface area contributed by atoms with Gasteiger partial charge in [0.15, 0.2) is 0 Å². The molecule has 0 aromatic heterocycles. The molecule has 1 heterocycles. The van der Waals surface area contributed by atoms with Crippen molar-refractivity contribution in [3.63, 3.8) is 0 Å². The van der Waals surface area contributed by atoms with Crippen LogP contribution in [-0.4, -0.2) is 29.3 Å². The summed E-state index contributed by atoms with van der Waals surface area (Å²) in [6, 6.07) is 18.1. The predicted octanol–water partition coefficient (Wildman–Crippen LogP) is 7.68. The van der Waals surface area contributed by atoms with Crippen LogP contribution < -0.4 is 10.6 Å². The second kappa shape index (κ2) is 11.8. The van der Waals surface area contributed by atoms with Gasteiger partial charge in [0.1, 0.15) is 5.82 Å². The van der Waals surface area contributed by atoms with Gasteiger partial charge in [0, 0.05) is 29.0 Å². The fourth-order valence-corrected chi connectivity index (χ4v) is 6.13. The molecule has 3 aromatic rings. The third-order valence-electron chi connectivity index (χ3n) is 8.08. The molecule has 1 aliphatic carbocycles. The number of benzene rings is 3. The highest BCUT2D eigenvalue weighted by Crippen LogP contribution is 2.39. The van der Waals surface area contributed by atoms with Gasteiger partial charge in [-0.05, 0) is 86.6 Å². The average molecular weight is 548 g/mol. The molecule has 1 aliphatic heterocycles. The molecule has 2 amide bonds. The second-order valence-corrected chi connectivity index (χ2v) is 11.2. The number of amides is 2. The van der Waals surface area contributed by atoms with E-state index >= 15 is 0 Å². The Bertz CT molecular complexity index is 1330. The molecule has 5 nitrogen and oxygen atoms in total. The average Bonchev–Trinajstić information content (AvgIpc) is 3.44. The molecule has 7 heteroatoms. The number of carbonyl (C=O) groups excluding carboxylic acids is 2. The van der Waals surface area contributed by atoms with Gasteiger partial charge in [0.25, 0.3) is 5.91 Å². The zero-order chi connectivity index (χ0) is 27.5. The smallest absolute Gasteiger partial charge is 0.257 e. The van der Waals surface area contributed by atoms with Crippen LogP contribution in [0.25, 0.3) is 0 Å². The van der Waals surface area contributed by atoms with Gasteiger partial charge in [-0.2, -0.15) is 0 Å². The molecule has 2 N–H and O–H groups in total. The molecule has 3 aromatic carbocycles. The highest BCUT2D eigenvalue weighted by Gasteiger charge is 2.40. The molecule has 0 bridgehead atoms. The number of rotatable bonds is 6. The topological polar surface area (TPSA) is 61.4 Å². The number of aryl methyl sites for hydroxylation is 2. The SMILES string of the molecule is Cc1ccc(NC(=O)C2CCCN(C(=O)c3c(C)cccc3F)C2c2ccc(NC3CCCC3)cc2)cc1Cl. The Labute approximate surface area is 234 Å². The van der Waals surface area contributed by atoms with E-state index in [-0.39, 0.29) is 17.4 Å². The monoisotopic (exact) mass is 547 g/mol. The minimum absolute atomic E-state index is 0.0633. The van der Waals surface area contributed by atoms with E-state index in [1.54, 1.807) is 30.0 Å². The molecule has 2 aliphatic rings. The Morgan fingerprint density at radius 2 is 1.62 bits per heavy atom. The van der Waals surface area contributed by atoms with Crippen LogP contribution in [0.3, 0.4) is 0 Å². The van der Waals surface area contributed by atoms with Crippen molar-refractivity contribution in [2.45, 2.75) is 64.5 Å². The molecule has 1 saturated heterocycles. The van der Waals surface area contributed by atoms with Crippen LogP contribution in [0.15, 0.2) is 60.7 Å². The van der Waals surface area contributed by atoms with Gasteiger partial charge in [0.05, 0.1) is 17.5 Å². The number of likely N-dealkylation sites (tertiary alicyclic amines) is 1. The second-order valence-electron chi connectivity index (χ2n) is 10.8. The van der Waals surface area contributed by atoms with Crippen molar-refractivity contribution in [3.05, 3.63) is 93.8 Å². The van der Waals surface area contributed by atoms with Crippen molar-refractivity contribution in [1.82, 2.24) is 4.90 Å². The normalized spacial score (nSPS) is 19.6. The van der Waals surface area contributed by atoms with Gasteiger partial charge in [-0.3, -0.25) is 9.59 Å². The fourth-order valence-electron chi connectivity index (χ4n) is 5.94. The Hall–Kier alpha value is -3.38. The molecule has 5 rings (SSSR count). The number of nitrogens with zero attached hydrogens (tertiary/aromatic N) is 1. The molecule has 0 radical (unpaired) electrons. The summed E-state index contributed by atoms with van der Waals surface area (Å²) in [4.78, 5) is 29.2. The number of anilines is 2. The summed E-state index contributed by atoms with van der Waals surface area (Å²) in [5.74, 6) is -1.63. The van der Waals surface area contributed by atoms with Gasteiger partial charge >= 0.3 is 0 Å². The van der Waals surface area contributed by atoms with Crippen LogP contribution in [-0.2, 0) is 4.79 Å². The van der Waals surface area contributed by atoms with Crippen molar-refractivity contribution < 1.29 is 14.0 Å². The predicted molar refractivity (Wildman–Crippen MR) is 155 cm³/mol.